The van der Waals surface area contributed by atoms with Gasteiger partial charge in [-0.25, -0.2) is 4.39 Å². The predicted molar refractivity (Wildman–Crippen MR) is 79.5 cm³/mol. The summed E-state index contributed by atoms with van der Waals surface area (Å²) in [4.78, 5) is 14.2. The molecule has 1 saturated heterocycles. The van der Waals surface area contributed by atoms with Crippen molar-refractivity contribution in [1.82, 2.24) is 4.90 Å². The molecule has 1 heterocycles. The molecule has 1 unspecified atom stereocenters. The van der Waals surface area contributed by atoms with Crippen LogP contribution >= 0.6 is 11.6 Å². The fraction of sp³-hybridized carbons (Fsp3) is 0.533. The van der Waals surface area contributed by atoms with Crippen LogP contribution in [-0.4, -0.2) is 29.9 Å². The maximum Gasteiger partial charge on any atom is 0.244 e. The summed E-state index contributed by atoms with van der Waals surface area (Å²) in [6.07, 6.45) is 4.42. The number of halogens is 2. The number of carbonyl (C=O) groups is 1. The number of benzene rings is 1. The molecule has 20 heavy (non-hydrogen) atoms. The molecule has 1 aromatic rings. The molecule has 0 spiro atoms. The van der Waals surface area contributed by atoms with E-state index in [1.165, 1.54) is 18.9 Å². The van der Waals surface area contributed by atoms with Crippen LogP contribution in [-0.2, 0) is 4.79 Å². The van der Waals surface area contributed by atoms with Crippen LogP contribution in [0.1, 0.15) is 32.6 Å². The number of rotatable bonds is 3. The van der Waals surface area contributed by atoms with Crippen LogP contribution in [0.4, 0.5) is 10.1 Å². The highest BCUT2D eigenvalue weighted by atomic mass is 35.5. The molecule has 0 aromatic heterocycles. The second kappa shape index (κ2) is 6.93. The van der Waals surface area contributed by atoms with E-state index in [-0.39, 0.29) is 11.6 Å². The second-order valence-electron chi connectivity index (χ2n) is 5.20. The van der Waals surface area contributed by atoms with Crippen molar-refractivity contribution in [2.24, 2.45) is 0 Å². The molecule has 1 aliphatic rings. The molecule has 0 saturated carbocycles. The van der Waals surface area contributed by atoms with Crippen molar-refractivity contribution in [1.29, 1.82) is 0 Å². The van der Waals surface area contributed by atoms with Gasteiger partial charge in [-0.05, 0) is 31.9 Å². The zero-order valence-electron chi connectivity index (χ0n) is 11.7. The number of hydrogen-bond donors (Lipinski definition) is 1. The van der Waals surface area contributed by atoms with Gasteiger partial charge in [-0.2, -0.15) is 0 Å². The number of anilines is 1. The Hall–Kier alpha value is -1.29. The van der Waals surface area contributed by atoms with Crippen LogP contribution in [0, 0.1) is 5.82 Å². The monoisotopic (exact) mass is 298 g/mol. The Morgan fingerprint density at radius 2 is 1.95 bits per heavy atom. The van der Waals surface area contributed by atoms with Gasteiger partial charge in [-0.15, -0.1) is 0 Å². The van der Waals surface area contributed by atoms with Crippen molar-refractivity contribution in [2.45, 2.75) is 38.6 Å². The highest BCUT2D eigenvalue weighted by Crippen LogP contribution is 2.25. The lowest BCUT2D eigenvalue weighted by Gasteiger charge is -2.25. The van der Waals surface area contributed by atoms with Gasteiger partial charge in [0.05, 0.1) is 10.7 Å². The molecule has 0 bridgehead atoms. The number of amides is 1. The second-order valence-corrected chi connectivity index (χ2v) is 5.61. The van der Waals surface area contributed by atoms with E-state index < -0.39 is 11.9 Å². The normalized spacial score (nSPS) is 17.4. The van der Waals surface area contributed by atoms with Gasteiger partial charge in [-0.1, -0.05) is 30.5 Å². The first-order chi connectivity index (χ1) is 9.59. The van der Waals surface area contributed by atoms with Gasteiger partial charge in [0, 0.05) is 13.1 Å². The van der Waals surface area contributed by atoms with Crippen LogP contribution in [0.2, 0.25) is 5.02 Å². The smallest absolute Gasteiger partial charge is 0.244 e. The number of carbonyl (C=O) groups excluding carboxylic acids is 1. The minimum atomic E-state index is -0.484. The number of para-hydroxylation sites is 1. The van der Waals surface area contributed by atoms with Crippen molar-refractivity contribution in [3.8, 4) is 0 Å². The van der Waals surface area contributed by atoms with Crippen molar-refractivity contribution < 1.29 is 9.18 Å². The molecule has 1 fully saturated rings. The molecule has 2 rings (SSSR count). The lowest BCUT2D eigenvalue weighted by atomic mass is 10.2. The molecule has 1 N–H and O–H groups in total. The van der Waals surface area contributed by atoms with Crippen molar-refractivity contribution in [2.75, 3.05) is 18.4 Å². The Labute approximate surface area is 124 Å². The highest BCUT2D eigenvalue weighted by molar-refractivity contribution is 6.33. The van der Waals surface area contributed by atoms with E-state index >= 15 is 0 Å². The first-order valence-corrected chi connectivity index (χ1v) is 7.46. The number of nitrogens with one attached hydrogen (secondary N) is 1. The van der Waals surface area contributed by atoms with Gasteiger partial charge < -0.3 is 10.2 Å². The highest BCUT2D eigenvalue weighted by Gasteiger charge is 2.22. The molecule has 110 valence electrons. The molecule has 1 aliphatic heterocycles. The summed E-state index contributed by atoms with van der Waals surface area (Å²) in [7, 11) is 0. The Bertz CT molecular complexity index is 453. The molecule has 3 nitrogen and oxygen atoms in total. The summed E-state index contributed by atoms with van der Waals surface area (Å²) >= 11 is 5.96. The van der Waals surface area contributed by atoms with Crippen LogP contribution in [0.15, 0.2) is 18.2 Å². The van der Waals surface area contributed by atoms with Gasteiger partial charge >= 0.3 is 0 Å². The van der Waals surface area contributed by atoms with Gasteiger partial charge in [0.2, 0.25) is 5.91 Å². The Morgan fingerprint density at radius 1 is 1.30 bits per heavy atom. The van der Waals surface area contributed by atoms with Crippen molar-refractivity contribution in [3.05, 3.63) is 29.0 Å². The first-order valence-electron chi connectivity index (χ1n) is 7.09. The third-order valence-corrected chi connectivity index (χ3v) is 3.93. The average Bonchev–Trinajstić information content (AvgIpc) is 2.71. The minimum absolute atomic E-state index is 0.00576. The maximum absolute atomic E-state index is 13.7. The van der Waals surface area contributed by atoms with Gasteiger partial charge in [0.1, 0.15) is 11.9 Å². The minimum Gasteiger partial charge on any atom is -0.370 e. The number of nitrogens with zero attached hydrogens (tertiary/aromatic N) is 1. The Balaban J connectivity index is 2.03. The van der Waals surface area contributed by atoms with Crippen molar-refractivity contribution in [3.63, 3.8) is 0 Å². The van der Waals surface area contributed by atoms with E-state index in [2.05, 4.69) is 5.32 Å². The molecular formula is C15H20ClFN2O. The van der Waals surface area contributed by atoms with Gasteiger partial charge in [0.25, 0.3) is 0 Å². The molecule has 1 aromatic carbocycles. The summed E-state index contributed by atoms with van der Waals surface area (Å²) in [5.74, 6) is -0.431. The third-order valence-electron chi connectivity index (χ3n) is 3.61. The van der Waals surface area contributed by atoms with E-state index in [1.807, 2.05) is 4.90 Å². The average molecular weight is 299 g/mol. The Kier molecular flexibility index (Phi) is 5.24. The quantitative estimate of drug-likeness (QED) is 0.923. The Morgan fingerprint density at radius 3 is 2.55 bits per heavy atom. The zero-order valence-corrected chi connectivity index (χ0v) is 12.4. The fourth-order valence-electron chi connectivity index (χ4n) is 2.48. The van der Waals surface area contributed by atoms with Crippen LogP contribution in [0.5, 0.6) is 0 Å². The fourth-order valence-corrected chi connectivity index (χ4v) is 2.70. The third kappa shape index (κ3) is 3.63. The lowest BCUT2D eigenvalue weighted by Crippen LogP contribution is -2.42. The number of hydrogen-bond acceptors (Lipinski definition) is 2. The van der Waals surface area contributed by atoms with E-state index in [9.17, 15) is 9.18 Å². The molecule has 5 heteroatoms. The standard InChI is InChI=1S/C15H20ClFN2O/c1-11(15(20)19-9-4-2-3-5-10-19)18-14-12(16)7-6-8-13(14)17/h6-8,11,18H,2-5,9-10H2,1H3. The summed E-state index contributed by atoms with van der Waals surface area (Å²) in [6, 6.07) is 4.00. The van der Waals surface area contributed by atoms with E-state index in [4.69, 9.17) is 11.6 Å². The lowest BCUT2D eigenvalue weighted by molar-refractivity contribution is -0.131. The largest absolute Gasteiger partial charge is 0.370 e. The SMILES string of the molecule is CC(Nc1c(F)cccc1Cl)C(=O)N1CCCCCC1. The first kappa shape index (κ1) is 15.1. The molecule has 1 amide bonds. The molecule has 0 aliphatic carbocycles. The van der Waals surface area contributed by atoms with Gasteiger partial charge in [-0.3, -0.25) is 4.79 Å². The zero-order chi connectivity index (χ0) is 14.5. The van der Waals surface area contributed by atoms with E-state index in [0.717, 1.165) is 25.9 Å². The van der Waals surface area contributed by atoms with E-state index in [1.54, 1.807) is 19.1 Å². The summed E-state index contributed by atoms with van der Waals surface area (Å²) < 4.78 is 13.7. The summed E-state index contributed by atoms with van der Waals surface area (Å²) in [6.45, 7) is 3.32. The van der Waals surface area contributed by atoms with Gasteiger partial charge in [0.15, 0.2) is 0 Å². The molecule has 1 atom stereocenters. The summed E-state index contributed by atoms with van der Waals surface area (Å²) in [5, 5.41) is 3.19. The van der Waals surface area contributed by atoms with E-state index in [0.29, 0.717) is 5.02 Å². The maximum atomic E-state index is 13.7. The van der Waals surface area contributed by atoms with Crippen molar-refractivity contribution >= 4 is 23.2 Å². The topological polar surface area (TPSA) is 32.3 Å². The predicted octanol–water partition coefficient (Wildman–Crippen LogP) is 3.68. The molecular weight excluding hydrogens is 279 g/mol. The van der Waals surface area contributed by atoms with Crippen LogP contribution in [0.3, 0.4) is 0 Å². The van der Waals surface area contributed by atoms with Crippen LogP contribution < -0.4 is 5.32 Å². The summed E-state index contributed by atoms with van der Waals surface area (Å²) in [5.41, 5.74) is 0.199. The van der Waals surface area contributed by atoms with Crippen LogP contribution in [0.25, 0.3) is 0 Å². The number of likely N-dealkylation sites (tertiary alicyclic amines) is 1. The molecule has 0 radical (unpaired) electrons.